The molecule has 36 heavy (non-hydrogen) atoms. The summed E-state index contributed by atoms with van der Waals surface area (Å²) in [4.78, 5) is 18.4. The molecule has 2 heterocycles. The molecular formula is C28H36N6O2. The molecule has 2 N–H and O–H groups in total. The molecule has 8 nitrogen and oxygen atoms in total. The van der Waals surface area contributed by atoms with Crippen LogP contribution in [0.15, 0.2) is 53.3 Å². The summed E-state index contributed by atoms with van der Waals surface area (Å²) in [5, 5.41) is 23.4. The molecule has 0 bridgehead atoms. The zero-order valence-electron chi connectivity index (χ0n) is 21.6. The zero-order chi connectivity index (χ0) is 25.7. The minimum atomic E-state index is -0.114. The van der Waals surface area contributed by atoms with Crippen LogP contribution in [0.3, 0.4) is 0 Å². The lowest BCUT2D eigenvalue weighted by molar-refractivity contribution is 0.122. The van der Waals surface area contributed by atoms with E-state index >= 15 is 0 Å². The Hall–Kier alpha value is -3.36. The highest BCUT2D eigenvalue weighted by molar-refractivity contribution is 5.82. The number of benzene rings is 2. The number of aliphatic hydroxyl groups is 1. The second-order valence-corrected chi connectivity index (χ2v) is 9.90. The van der Waals surface area contributed by atoms with Crippen molar-refractivity contribution in [2.24, 2.45) is 5.92 Å². The van der Waals surface area contributed by atoms with Crippen LogP contribution >= 0.6 is 0 Å². The first-order valence-corrected chi connectivity index (χ1v) is 12.7. The molecule has 0 aliphatic carbocycles. The maximum absolute atomic E-state index is 13.1. The monoisotopic (exact) mass is 488 g/mol. The van der Waals surface area contributed by atoms with Crippen molar-refractivity contribution in [3.63, 3.8) is 0 Å². The Morgan fingerprint density at radius 2 is 1.89 bits per heavy atom. The van der Waals surface area contributed by atoms with Gasteiger partial charge >= 0.3 is 0 Å². The highest BCUT2D eigenvalue weighted by atomic mass is 16.3. The van der Waals surface area contributed by atoms with Gasteiger partial charge in [-0.25, -0.2) is 4.68 Å². The topological polar surface area (TPSA) is 99.9 Å². The summed E-state index contributed by atoms with van der Waals surface area (Å²) in [5.41, 5.74) is 4.93. The van der Waals surface area contributed by atoms with Crippen molar-refractivity contribution in [3.05, 3.63) is 87.0 Å². The Morgan fingerprint density at radius 3 is 2.61 bits per heavy atom. The van der Waals surface area contributed by atoms with E-state index in [1.165, 1.54) is 5.56 Å². The van der Waals surface area contributed by atoms with E-state index in [4.69, 9.17) is 0 Å². The molecule has 2 aromatic carbocycles. The van der Waals surface area contributed by atoms with Crippen LogP contribution in [0.4, 0.5) is 0 Å². The van der Waals surface area contributed by atoms with Gasteiger partial charge in [-0.1, -0.05) is 55.8 Å². The van der Waals surface area contributed by atoms with E-state index in [0.717, 1.165) is 34.3 Å². The number of pyridine rings is 1. The summed E-state index contributed by atoms with van der Waals surface area (Å²) in [6.07, 6.45) is 1.42. The number of fused-ring (bicyclic) bond motifs is 1. The standard InChI is InChI=1S/C28H36N6O2/c1-19(2)26(27-30-31-32-34(27)13-11-22-9-6-5-7-10-22)33(12-8-14-35)18-24-17-23-16-20(3)15-21(4)25(23)29-28(24)36/h5-7,9-10,15-17,19,26,35H,8,11-14,18H2,1-4H3,(H,29,36)/t26-/m1/s1. The van der Waals surface area contributed by atoms with E-state index in [0.29, 0.717) is 31.6 Å². The van der Waals surface area contributed by atoms with Gasteiger partial charge in [0.05, 0.1) is 11.6 Å². The minimum Gasteiger partial charge on any atom is -0.396 e. The lowest BCUT2D eigenvalue weighted by atomic mass is 9.99. The number of H-pyrrole nitrogens is 1. The third-order valence-electron chi connectivity index (χ3n) is 6.65. The summed E-state index contributed by atoms with van der Waals surface area (Å²) in [6.45, 7) is 10.2. The van der Waals surface area contributed by atoms with Gasteiger partial charge < -0.3 is 10.1 Å². The fourth-order valence-corrected chi connectivity index (χ4v) is 5.00. The molecule has 0 saturated carbocycles. The Kier molecular flexibility index (Phi) is 8.28. The Balaban J connectivity index is 1.66. The lowest BCUT2D eigenvalue weighted by Gasteiger charge is -2.33. The number of nitrogens with one attached hydrogen (secondary N) is 1. The third kappa shape index (κ3) is 5.88. The van der Waals surface area contributed by atoms with Crippen LogP contribution in [0.2, 0.25) is 0 Å². The quantitative estimate of drug-likeness (QED) is 0.332. The molecule has 4 rings (SSSR count). The summed E-state index contributed by atoms with van der Waals surface area (Å²) in [6, 6.07) is 16.4. The number of aliphatic hydroxyl groups excluding tert-OH is 1. The summed E-state index contributed by atoms with van der Waals surface area (Å²) >= 11 is 0. The van der Waals surface area contributed by atoms with Crippen LogP contribution in [0.5, 0.6) is 0 Å². The molecule has 0 unspecified atom stereocenters. The van der Waals surface area contributed by atoms with Crippen molar-refractivity contribution >= 4 is 10.9 Å². The van der Waals surface area contributed by atoms with Gasteiger partial charge in [-0.3, -0.25) is 9.69 Å². The zero-order valence-corrected chi connectivity index (χ0v) is 21.6. The number of rotatable bonds is 11. The summed E-state index contributed by atoms with van der Waals surface area (Å²) in [5.74, 6) is 0.969. The molecule has 2 aromatic heterocycles. The first-order valence-electron chi connectivity index (χ1n) is 12.7. The number of tetrazole rings is 1. The molecule has 0 spiro atoms. The molecule has 1 atom stereocenters. The van der Waals surface area contributed by atoms with Gasteiger partial charge in [-0.05, 0) is 71.7 Å². The average molecular weight is 489 g/mol. The van der Waals surface area contributed by atoms with Gasteiger partial charge in [0.25, 0.3) is 5.56 Å². The normalized spacial score (nSPS) is 12.6. The highest BCUT2D eigenvalue weighted by Gasteiger charge is 2.29. The smallest absolute Gasteiger partial charge is 0.252 e. The largest absolute Gasteiger partial charge is 0.396 e. The Morgan fingerprint density at radius 1 is 1.11 bits per heavy atom. The second-order valence-electron chi connectivity index (χ2n) is 9.90. The third-order valence-corrected chi connectivity index (χ3v) is 6.65. The number of nitrogens with zero attached hydrogens (tertiary/aromatic N) is 5. The lowest BCUT2D eigenvalue weighted by Crippen LogP contribution is -2.36. The van der Waals surface area contributed by atoms with Crippen LogP contribution in [0, 0.1) is 19.8 Å². The van der Waals surface area contributed by atoms with Crippen LogP contribution in [0.1, 0.15) is 54.4 Å². The second kappa shape index (κ2) is 11.6. The molecule has 0 amide bonds. The first-order chi connectivity index (χ1) is 17.4. The number of aromatic nitrogens is 5. The number of hydrogen-bond donors (Lipinski definition) is 2. The number of hydrogen-bond acceptors (Lipinski definition) is 6. The molecule has 0 fully saturated rings. The molecule has 8 heteroatoms. The van der Waals surface area contributed by atoms with E-state index in [1.54, 1.807) is 0 Å². The van der Waals surface area contributed by atoms with Crippen LogP contribution in [0.25, 0.3) is 10.9 Å². The van der Waals surface area contributed by atoms with Crippen molar-refractivity contribution < 1.29 is 5.11 Å². The molecule has 190 valence electrons. The number of aryl methyl sites for hydroxylation is 4. The molecule has 0 radical (unpaired) electrons. The molecular weight excluding hydrogens is 452 g/mol. The van der Waals surface area contributed by atoms with E-state index in [9.17, 15) is 9.90 Å². The van der Waals surface area contributed by atoms with E-state index in [2.05, 4.69) is 70.4 Å². The van der Waals surface area contributed by atoms with Gasteiger partial charge in [0.15, 0.2) is 5.82 Å². The van der Waals surface area contributed by atoms with Gasteiger partial charge in [0, 0.05) is 31.8 Å². The Bertz CT molecular complexity index is 1350. The van der Waals surface area contributed by atoms with Crippen LogP contribution < -0.4 is 5.56 Å². The van der Waals surface area contributed by atoms with Crippen LogP contribution in [-0.2, 0) is 19.5 Å². The molecule has 0 saturated heterocycles. The predicted molar refractivity (Wildman–Crippen MR) is 142 cm³/mol. The first kappa shape index (κ1) is 25.7. The SMILES string of the molecule is Cc1cc(C)c2[nH]c(=O)c(CN(CCCO)[C@@H](c3nnnn3CCc3ccccc3)C(C)C)cc2c1. The van der Waals surface area contributed by atoms with E-state index < -0.39 is 0 Å². The fraction of sp³-hybridized carbons (Fsp3) is 0.429. The van der Waals surface area contributed by atoms with Crippen molar-refractivity contribution in [2.75, 3.05) is 13.2 Å². The van der Waals surface area contributed by atoms with Gasteiger partial charge in [-0.2, -0.15) is 0 Å². The van der Waals surface area contributed by atoms with Gasteiger partial charge in [0.2, 0.25) is 0 Å². The van der Waals surface area contributed by atoms with Crippen LogP contribution in [-0.4, -0.2) is 48.3 Å². The summed E-state index contributed by atoms with van der Waals surface area (Å²) in [7, 11) is 0. The predicted octanol–water partition coefficient (Wildman–Crippen LogP) is 3.96. The van der Waals surface area contributed by atoms with Crippen molar-refractivity contribution in [1.29, 1.82) is 0 Å². The highest BCUT2D eigenvalue weighted by Crippen LogP contribution is 2.29. The number of aromatic amines is 1. The van der Waals surface area contributed by atoms with Crippen molar-refractivity contribution in [2.45, 2.75) is 59.7 Å². The van der Waals surface area contributed by atoms with E-state index in [1.807, 2.05) is 35.9 Å². The van der Waals surface area contributed by atoms with Crippen molar-refractivity contribution in [1.82, 2.24) is 30.1 Å². The van der Waals surface area contributed by atoms with Gasteiger partial charge in [-0.15, -0.1) is 5.10 Å². The van der Waals surface area contributed by atoms with Gasteiger partial charge in [0.1, 0.15) is 0 Å². The fourth-order valence-electron chi connectivity index (χ4n) is 5.00. The molecule has 0 aliphatic heterocycles. The van der Waals surface area contributed by atoms with E-state index in [-0.39, 0.29) is 24.1 Å². The average Bonchev–Trinajstić information content (AvgIpc) is 3.30. The Labute approximate surface area is 212 Å². The van der Waals surface area contributed by atoms with Crippen molar-refractivity contribution in [3.8, 4) is 0 Å². The maximum atomic E-state index is 13.1. The summed E-state index contributed by atoms with van der Waals surface area (Å²) < 4.78 is 1.88. The minimum absolute atomic E-state index is 0.0761. The maximum Gasteiger partial charge on any atom is 0.252 e. The molecule has 0 aliphatic rings. The molecule has 4 aromatic rings.